The molecule has 7 heteroatoms. The summed E-state index contributed by atoms with van der Waals surface area (Å²) in [5, 5.41) is 10.9. The van der Waals surface area contributed by atoms with Gasteiger partial charge in [0.2, 0.25) is 0 Å². The molecule has 0 radical (unpaired) electrons. The van der Waals surface area contributed by atoms with Crippen LogP contribution in [0.4, 0.5) is 5.69 Å². The van der Waals surface area contributed by atoms with Gasteiger partial charge in [-0.1, -0.05) is 6.07 Å². The number of fused-ring (bicyclic) bond motifs is 1. The van der Waals surface area contributed by atoms with E-state index < -0.39 is 4.92 Å². The monoisotopic (exact) mass is 325 g/mol. The molecule has 3 atom stereocenters. The summed E-state index contributed by atoms with van der Waals surface area (Å²) in [5.41, 5.74) is 7.24. The van der Waals surface area contributed by atoms with Crippen LogP contribution in [0.5, 0.6) is 0 Å². The normalized spacial score (nSPS) is 26.5. The minimum absolute atomic E-state index is 0. The molecule has 3 unspecified atom stereocenters. The lowest BCUT2D eigenvalue weighted by Crippen LogP contribution is -2.33. The second kappa shape index (κ2) is 6.22. The van der Waals surface area contributed by atoms with Gasteiger partial charge < -0.3 is 10.6 Å². The van der Waals surface area contributed by atoms with Crippen molar-refractivity contribution in [1.29, 1.82) is 0 Å². The first kappa shape index (κ1) is 16.7. The van der Waals surface area contributed by atoms with Crippen molar-refractivity contribution in [3.63, 3.8) is 0 Å². The van der Waals surface area contributed by atoms with Gasteiger partial charge in [0.1, 0.15) is 0 Å². The summed E-state index contributed by atoms with van der Waals surface area (Å²) >= 11 is 0. The Balaban J connectivity index is 0.00000176. The zero-order valence-electron chi connectivity index (χ0n) is 12.4. The average molecular weight is 326 g/mol. The highest BCUT2D eigenvalue weighted by Gasteiger charge is 2.42. The van der Waals surface area contributed by atoms with Gasteiger partial charge >= 0.3 is 0 Å². The minimum atomic E-state index is -0.467. The summed E-state index contributed by atoms with van der Waals surface area (Å²) in [6.45, 7) is 3.20. The standard InChI is InChI=1S/C15H19N3O3.ClH/c1-9-2-4-11(18(20)21)6-12(9)15(19)17-7-10-3-5-14(16)13(10)8-17;/h2,4,6,10,13-14H,3,5,7-8,16H2,1H3;1H. The van der Waals surface area contributed by atoms with Crippen molar-refractivity contribution in [1.82, 2.24) is 4.90 Å². The van der Waals surface area contributed by atoms with Gasteiger partial charge in [0.25, 0.3) is 11.6 Å². The molecule has 1 aliphatic carbocycles. The van der Waals surface area contributed by atoms with Gasteiger partial charge in [-0.2, -0.15) is 0 Å². The molecule has 2 fully saturated rings. The van der Waals surface area contributed by atoms with Crippen molar-refractivity contribution < 1.29 is 9.72 Å². The Morgan fingerprint density at radius 1 is 1.36 bits per heavy atom. The first-order chi connectivity index (χ1) is 9.97. The van der Waals surface area contributed by atoms with Crippen molar-refractivity contribution in [3.05, 3.63) is 39.4 Å². The number of halogens is 1. The lowest BCUT2D eigenvalue weighted by atomic mass is 9.98. The first-order valence-electron chi connectivity index (χ1n) is 7.27. The largest absolute Gasteiger partial charge is 0.338 e. The van der Waals surface area contributed by atoms with Crippen LogP contribution in [0.1, 0.15) is 28.8 Å². The molecule has 0 spiro atoms. The number of nitro groups is 1. The molecule has 1 aromatic carbocycles. The molecule has 1 saturated heterocycles. The minimum Gasteiger partial charge on any atom is -0.338 e. The third kappa shape index (κ3) is 2.80. The number of nitro benzene ring substituents is 1. The lowest BCUT2D eigenvalue weighted by molar-refractivity contribution is -0.384. The second-order valence-electron chi connectivity index (χ2n) is 6.13. The molecule has 22 heavy (non-hydrogen) atoms. The lowest BCUT2D eigenvalue weighted by Gasteiger charge is -2.19. The first-order valence-corrected chi connectivity index (χ1v) is 7.27. The topological polar surface area (TPSA) is 89.5 Å². The predicted octanol–water partition coefficient (Wildman–Crippen LogP) is 2.13. The van der Waals surface area contributed by atoms with Crippen molar-refractivity contribution in [3.8, 4) is 0 Å². The van der Waals surface area contributed by atoms with Crippen molar-refractivity contribution in [2.24, 2.45) is 17.6 Å². The van der Waals surface area contributed by atoms with E-state index >= 15 is 0 Å². The number of rotatable bonds is 2. The number of hydrogen-bond donors (Lipinski definition) is 1. The zero-order chi connectivity index (χ0) is 15.1. The Morgan fingerprint density at radius 3 is 2.73 bits per heavy atom. The summed E-state index contributed by atoms with van der Waals surface area (Å²) in [7, 11) is 0. The van der Waals surface area contributed by atoms with E-state index in [1.165, 1.54) is 12.1 Å². The van der Waals surface area contributed by atoms with E-state index in [1.54, 1.807) is 17.9 Å². The Labute approximate surface area is 135 Å². The number of nitrogens with two attached hydrogens (primary N) is 1. The molecule has 1 saturated carbocycles. The van der Waals surface area contributed by atoms with Gasteiger partial charge in [0, 0.05) is 36.8 Å². The molecule has 0 bridgehead atoms. The molecule has 0 aromatic heterocycles. The van der Waals surface area contributed by atoms with Gasteiger partial charge in [-0.05, 0) is 37.2 Å². The highest BCUT2D eigenvalue weighted by molar-refractivity contribution is 5.96. The van der Waals surface area contributed by atoms with Crippen molar-refractivity contribution in [2.45, 2.75) is 25.8 Å². The van der Waals surface area contributed by atoms with E-state index in [4.69, 9.17) is 5.73 Å². The SMILES string of the molecule is Cc1ccc([N+](=O)[O-])cc1C(=O)N1CC2CCC(N)C2C1.Cl. The second-order valence-corrected chi connectivity index (χ2v) is 6.13. The third-order valence-electron chi connectivity index (χ3n) is 4.86. The highest BCUT2D eigenvalue weighted by Crippen LogP contribution is 2.37. The van der Waals surface area contributed by atoms with Gasteiger partial charge in [0.15, 0.2) is 0 Å². The molecular formula is C15H20ClN3O3. The number of carbonyl (C=O) groups excluding carboxylic acids is 1. The molecule has 6 nitrogen and oxygen atoms in total. The molecular weight excluding hydrogens is 306 g/mol. The van der Waals surface area contributed by atoms with Gasteiger partial charge in [0.05, 0.1) is 4.92 Å². The van der Waals surface area contributed by atoms with Gasteiger partial charge in [-0.3, -0.25) is 14.9 Å². The van der Waals surface area contributed by atoms with Crippen LogP contribution in [0.2, 0.25) is 0 Å². The van der Waals surface area contributed by atoms with E-state index in [2.05, 4.69) is 0 Å². The Morgan fingerprint density at radius 2 is 2.09 bits per heavy atom. The highest BCUT2D eigenvalue weighted by atomic mass is 35.5. The summed E-state index contributed by atoms with van der Waals surface area (Å²) in [5.74, 6) is 0.758. The number of benzene rings is 1. The summed E-state index contributed by atoms with van der Waals surface area (Å²) < 4.78 is 0. The van der Waals surface area contributed by atoms with Crippen molar-refractivity contribution >= 4 is 24.0 Å². The van der Waals surface area contributed by atoms with E-state index in [0.717, 1.165) is 24.9 Å². The molecule has 1 aromatic rings. The Kier molecular flexibility index (Phi) is 4.72. The maximum absolute atomic E-state index is 12.6. The van der Waals surface area contributed by atoms with Crippen LogP contribution in [-0.4, -0.2) is 34.9 Å². The van der Waals surface area contributed by atoms with E-state index in [1.807, 2.05) is 0 Å². The Bertz CT molecular complexity index is 608. The van der Waals surface area contributed by atoms with Crippen LogP contribution in [0.25, 0.3) is 0 Å². The average Bonchev–Trinajstić information content (AvgIpc) is 3.01. The number of likely N-dealkylation sites (tertiary alicyclic amines) is 1. The molecule has 2 N–H and O–H groups in total. The van der Waals surface area contributed by atoms with E-state index in [9.17, 15) is 14.9 Å². The molecule has 120 valence electrons. The predicted molar refractivity (Wildman–Crippen MR) is 85.2 cm³/mol. The summed E-state index contributed by atoms with van der Waals surface area (Å²) in [6, 6.07) is 4.62. The fraction of sp³-hybridized carbons (Fsp3) is 0.533. The maximum atomic E-state index is 12.6. The fourth-order valence-electron chi connectivity index (χ4n) is 3.60. The maximum Gasteiger partial charge on any atom is 0.270 e. The number of nitrogens with zero attached hydrogens (tertiary/aromatic N) is 2. The summed E-state index contributed by atoms with van der Waals surface area (Å²) in [4.78, 5) is 24.9. The van der Waals surface area contributed by atoms with Crippen molar-refractivity contribution in [2.75, 3.05) is 13.1 Å². The van der Waals surface area contributed by atoms with Crippen LogP contribution in [0.3, 0.4) is 0 Å². The summed E-state index contributed by atoms with van der Waals surface area (Å²) in [6.07, 6.45) is 2.11. The number of hydrogen-bond acceptors (Lipinski definition) is 4. The number of amides is 1. The van der Waals surface area contributed by atoms with Crippen LogP contribution < -0.4 is 5.73 Å². The number of aryl methyl sites for hydroxylation is 1. The molecule has 2 aliphatic rings. The zero-order valence-corrected chi connectivity index (χ0v) is 13.2. The molecule has 1 aliphatic heterocycles. The smallest absolute Gasteiger partial charge is 0.270 e. The Hall–Kier alpha value is -1.66. The van der Waals surface area contributed by atoms with E-state index in [-0.39, 0.29) is 30.0 Å². The molecule has 3 rings (SSSR count). The number of carbonyl (C=O) groups is 1. The molecule has 1 amide bonds. The van der Waals surface area contributed by atoms with Crippen LogP contribution in [0.15, 0.2) is 18.2 Å². The fourth-order valence-corrected chi connectivity index (χ4v) is 3.60. The van der Waals surface area contributed by atoms with Gasteiger partial charge in [-0.25, -0.2) is 0 Å². The third-order valence-corrected chi connectivity index (χ3v) is 4.86. The van der Waals surface area contributed by atoms with Crippen LogP contribution in [0, 0.1) is 28.9 Å². The van der Waals surface area contributed by atoms with E-state index in [0.29, 0.717) is 23.9 Å². The molecule has 1 heterocycles. The quantitative estimate of drug-likeness (QED) is 0.666. The number of non-ortho nitro benzene ring substituents is 1. The van der Waals surface area contributed by atoms with Gasteiger partial charge in [-0.15, -0.1) is 12.4 Å². The van der Waals surface area contributed by atoms with Crippen LogP contribution in [-0.2, 0) is 0 Å². The van der Waals surface area contributed by atoms with Crippen LogP contribution >= 0.6 is 12.4 Å².